The van der Waals surface area contributed by atoms with Crippen LogP contribution < -0.4 is 0 Å². The van der Waals surface area contributed by atoms with Gasteiger partial charge in [-0.05, 0) is 37.1 Å². The number of hydrogen-bond acceptors (Lipinski definition) is 0. The summed E-state index contributed by atoms with van der Waals surface area (Å²) in [6, 6.07) is 7.78. The quantitative estimate of drug-likeness (QED) is 0.663. The molecule has 0 nitrogen and oxygen atoms in total. The Balaban J connectivity index is 2.66. The molecule has 0 fully saturated rings. The highest BCUT2D eigenvalue weighted by molar-refractivity contribution is 6.31. The average Bonchev–Trinajstić information content (AvgIpc) is 2.15. The number of hydrogen-bond donors (Lipinski definition) is 0. The van der Waals surface area contributed by atoms with E-state index < -0.39 is 0 Å². The second-order valence-corrected chi connectivity index (χ2v) is 3.80. The van der Waals surface area contributed by atoms with Crippen LogP contribution >= 0.6 is 23.2 Å². The van der Waals surface area contributed by atoms with Crippen LogP contribution in [-0.4, -0.2) is 0 Å². The first-order valence-corrected chi connectivity index (χ1v) is 5.21. The average molecular weight is 227 g/mol. The molecule has 0 atom stereocenters. The Hall–Kier alpha value is -0.720. The van der Waals surface area contributed by atoms with Gasteiger partial charge in [-0.1, -0.05) is 47.5 Å². The summed E-state index contributed by atoms with van der Waals surface area (Å²) in [7, 11) is 0. The van der Waals surface area contributed by atoms with Crippen LogP contribution in [0.1, 0.15) is 12.5 Å². The molecule has 74 valence electrons. The molecule has 0 heterocycles. The van der Waals surface area contributed by atoms with Crippen molar-refractivity contribution in [2.45, 2.75) is 13.3 Å². The lowest BCUT2D eigenvalue weighted by atomic mass is 10.1. The van der Waals surface area contributed by atoms with Crippen molar-refractivity contribution in [3.8, 4) is 0 Å². The molecule has 0 aliphatic rings. The topological polar surface area (TPSA) is 0 Å². The number of rotatable bonds is 3. The summed E-state index contributed by atoms with van der Waals surface area (Å²) >= 11 is 11.8. The van der Waals surface area contributed by atoms with Gasteiger partial charge in [0.2, 0.25) is 0 Å². The molecule has 0 saturated carbocycles. The maximum atomic E-state index is 5.91. The molecule has 0 bridgehead atoms. The fraction of sp³-hybridized carbons (Fsp3) is 0.167. The molecule has 0 aliphatic heterocycles. The van der Waals surface area contributed by atoms with Gasteiger partial charge < -0.3 is 0 Å². The Morgan fingerprint density at radius 3 is 2.86 bits per heavy atom. The molecular weight excluding hydrogens is 215 g/mol. The summed E-state index contributed by atoms with van der Waals surface area (Å²) in [5.74, 6) is 0. The van der Waals surface area contributed by atoms with Crippen LogP contribution in [0.3, 0.4) is 0 Å². The third-order valence-corrected chi connectivity index (χ3v) is 2.26. The molecule has 1 aromatic carbocycles. The van der Waals surface area contributed by atoms with E-state index in [1.165, 1.54) is 5.56 Å². The second-order valence-electron chi connectivity index (χ2n) is 2.92. The molecule has 0 aromatic heterocycles. The van der Waals surface area contributed by atoms with Gasteiger partial charge in [-0.2, -0.15) is 0 Å². The molecular formula is C12H12Cl2. The monoisotopic (exact) mass is 226 g/mol. The van der Waals surface area contributed by atoms with E-state index in [9.17, 15) is 0 Å². The fourth-order valence-electron chi connectivity index (χ4n) is 1.11. The SMILES string of the molecule is C/C=C\C(Cl)=C/Cc1cccc(Cl)c1. The molecule has 14 heavy (non-hydrogen) atoms. The van der Waals surface area contributed by atoms with Gasteiger partial charge in [0.25, 0.3) is 0 Å². The van der Waals surface area contributed by atoms with E-state index in [0.717, 1.165) is 16.5 Å². The summed E-state index contributed by atoms with van der Waals surface area (Å²) in [5, 5.41) is 1.52. The van der Waals surface area contributed by atoms with E-state index >= 15 is 0 Å². The van der Waals surface area contributed by atoms with Crippen molar-refractivity contribution in [2.75, 3.05) is 0 Å². The zero-order valence-corrected chi connectivity index (χ0v) is 9.52. The molecule has 1 rings (SSSR count). The van der Waals surface area contributed by atoms with Crippen LogP contribution in [0.25, 0.3) is 0 Å². The zero-order valence-electron chi connectivity index (χ0n) is 8.00. The molecule has 0 saturated heterocycles. The third-order valence-electron chi connectivity index (χ3n) is 1.75. The van der Waals surface area contributed by atoms with Gasteiger partial charge in [-0.25, -0.2) is 0 Å². The van der Waals surface area contributed by atoms with Crippen LogP contribution in [0.15, 0.2) is 47.5 Å². The summed E-state index contributed by atoms with van der Waals surface area (Å²) in [4.78, 5) is 0. The van der Waals surface area contributed by atoms with Crippen molar-refractivity contribution in [1.82, 2.24) is 0 Å². The summed E-state index contributed by atoms with van der Waals surface area (Å²) < 4.78 is 0. The van der Waals surface area contributed by atoms with E-state index in [1.54, 1.807) is 0 Å². The first-order valence-electron chi connectivity index (χ1n) is 4.45. The highest BCUT2D eigenvalue weighted by Gasteiger charge is 1.92. The minimum Gasteiger partial charge on any atom is -0.0862 e. The Labute approximate surface area is 94.8 Å². The van der Waals surface area contributed by atoms with Gasteiger partial charge in [0, 0.05) is 10.1 Å². The van der Waals surface area contributed by atoms with Gasteiger partial charge in [-0.15, -0.1) is 0 Å². The van der Waals surface area contributed by atoms with Crippen LogP contribution in [0, 0.1) is 0 Å². The molecule has 0 radical (unpaired) electrons. The number of allylic oxidation sites excluding steroid dienone is 4. The predicted molar refractivity (Wildman–Crippen MR) is 63.9 cm³/mol. The lowest BCUT2D eigenvalue weighted by molar-refractivity contribution is 1.27. The molecule has 0 amide bonds. The highest BCUT2D eigenvalue weighted by atomic mass is 35.5. The van der Waals surface area contributed by atoms with E-state index in [1.807, 2.05) is 49.4 Å². The van der Waals surface area contributed by atoms with Gasteiger partial charge in [0.05, 0.1) is 0 Å². The minimum atomic E-state index is 0.757. The largest absolute Gasteiger partial charge is 0.0862 e. The molecule has 2 heteroatoms. The first-order chi connectivity index (χ1) is 6.72. The maximum absolute atomic E-state index is 5.91. The number of benzene rings is 1. The fourth-order valence-corrected chi connectivity index (χ4v) is 1.52. The van der Waals surface area contributed by atoms with Gasteiger partial charge in [-0.3, -0.25) is 0 Å². The highest BCUT2D eigenvalue weighted by Crippen LogP contribution is 2.13. The lowest BCUT2D eigenvalue weighted by Gasteiger charge is -1.97. The first kappa shape index (κ1) is 11.4. The Morgan fingerprint density at radius 1 is 1.43 bits per heavy atom. The van der Waals surface area contributed by atoms with Gasteiger partial charge >= 0.3 is 0 Å². The van der Waals surface area contributed by atoms with E-state index in [4.69, 9.17) is 23.2 Å². The van der Waals surface area contributed by atoms with Crippen LogP contribution in [-0.2, 0) is 6.42 Å². The Morgan fingerprint density at radius 2 is 2.21 bits per heavy atom. The summed E-state index contributed by atoms with van der Waals surface area (Å²) in [5.41, 5.74) is 1.17. The smallest absolute Gasteiger partial charge is 0.0408 e. The van der Waals surface area contributed by atoms with Crippen molar-refractivity contribution in [3.63, 3.8) is 0 Å². The van der Waals surface area contributed by atoms with Crippen molar-refractivity contribution in [3.05, 3.63) is 58.1 Å². The van der Waals surface area contributed by atoms with E-state index in [2.05, 4.69) is 0 Å². The van der Waals surface area contributed by atoms with Crippen LogP contribution in [0.2, 0.25) is 5.02 Å². The van der Waals surface area contributed by atoms with Gasteiger partial charge in [0.15, 0.2) is 0 Å². The summed E-state index contributed by atoms with van der Waals surface area (Å²) in [6.45, 7) is 1.94. The van der Waals surface area contributed by atoms with Crippen molar-refractivity contribution in [2.24, 2.45) is 0 Å². The number of halogens is 2. The van der Waals surface area contributed by atoms with Crippen LogP contribution in [0.4, 0.5) is 0 Å². The predicted octanol–water partition coefficient (Wildman–Crippen LogP) is 4.58. The molecule has 0 aliphatic carbocycles. The molecule has 0 spiro atoms. The van der Waals surface area contributed by atoms with Crippen molar-refractivity contribution >= 4 is 23.2 Å². The Kier molecular flexibility index (Phi) is 4.78. The summed E-state index contributed by atoms with van der Waals surface area (Å²) in [6.07, 6.45) is 6.56. The molecule has 1 aromatic rings. The van der Waals surface area contributed by atoms with E-state index in [0.29, 0.717) is 0 Å². The third kappa shape index (κ3) is 3.99. The van der Waals surface area contributed by atoms with Crippen molar-refractivity contribution in [1.29, 1.82) is 0 Å². The van der Waals surface area contributed by atoms with Gasteiger partial charge in [0.1, 0.15) is 0 Å². The Bertz CT molecular complexity index is 351. The standard InChI is InChI=1S/C12H12Cl2/c1-2-4-11(13)8-7-10-5-3-6-12(14)9-10/h2-6,8-9H,7H2,1H3/b4-2-,11-8+. The molecule has 0 N–H and O–H groups in total. The maximum Gasteiger partial charge on any atom is 0.0408 e. The normalized spacial score (nSPS) is 12.4. The lowest BCUT2D eigenvalue weighted by Crippen LogP contribution is -1.80. The van der Waals surface area contributed by atoms with Crippen molar-refractivity contribution < 1.29 is 0 Å². The molecule has 0 unspecified atom stereocenters. The van der Waals surface area contributed by atoms with E-state index in [-0.39, 0.29) is 0 Å². The van der Waals surface area contributed by atoms with Crippen LogP contribution in [0.5, 0.6) is 0 Å². The second kappa shape index (κ2) is 5.90. The minimum absolute atomic E-state index is 0.757. The zero-order chi connectivity index (χ0) is 10.4.